The van der Waals surface area contributed by atoms with Crippen LogP contribution < -0.4 is 5.32 Å². The van der Waals surface area contributed by atoms with Crippen LogP contribution in [0.25, 0.3) is 11.3 Å². The number of hydrogen-bond donors (Lipinski definition) is 2. The summed E-state index contributed by atoms with van der Waals surface area (Å²) in [6.07, 6.45) is 3.60. The van der Waals surface area contributed by atoms with Crippen LogP contribution >= 0.6 is 11.3 Å². The van der Waals surface area contributed by atoms with E-state index in [2.05, 4.69) is 63.4 Å². The summed E-state index contributed by atoms with van der Waals surface area (Å²) in [6.45, 7) is 5.69. The molecule has 2 aliphatic rings. The van der Waals surface area contributed by atoms with E-state index in [9.17, 15) is 9.90 Å². The first-order chi connectivity index (χ1) is 17.0. The molecule has 0 bridgehead atoms. The van der Waals surface area contributed by atoms with Gasteiger partial charge in [0.15, 0.2) is 5.13 Å². The number of anilines is 1. The van der Waals surface area contributed by atoms with Crippen molar-refractivity contribution in [1.29, 1.82) is 0 Å². The lowest BCUT2D eigenvalue weighted by Crippen LogP contribution is -2.62. The quantitative estimate of drug-likeness (QED) is 0.520. The Balaban J connectivity index is 1.14. The van der Waals surface area contributed by atoms with E-state index in [0.717, 1.165) is 56.6 Å². The number of aliphatic hydroxyl groups excluding tert-OH is 1. The molecule has 6 nitrogen and oxygen atoms in total. The Bertz CT molecular complexity index is 1130. The van der Waals surface area contributed by atoms with E-state index < -0.39 is 6.10 Å². The van der Waals surface area contributed by atoms with Gasteiger partial charge in [-0.2, -0.15) is 0 Å². The Morgan fingerprint density at radius 1 is 1.14 bits per heavy atom. The second kappa shape index (κ2) is 10.6. The predicted molar refractivity (Wildman–Crippen MR) is 142 cm³/mol. The van der Waals surface area contributed by atoms with Crippen LogP contribution in [-0.2, 0) is 11.2 Å². The van der Waals surface area contributed by atoms with Gasteiger partial charge >= 0.3 is 0 Å². The van der Waals surface area contributed by atoms with Gasteiger partial charge in [-0.15, -0.1) is 11.3 Å². The predicted octanol–water partition coefficient (Wildman–Crippen LogP) is 4.20. The maximum absolute atomic E-state index is 12.7. The van der Waals surface area contributed by atoms with Crippen molar-refractivity contribution >= 4 is 22.4 Å². The van der Waals surface area contributed by atoms with E-state index >= 15 is 0 Å². The molecule has 35 heavy (non-hydrogen) atoms. The lowest BCUT2D eigenvalue weighted by atomic mass is 9.82. The molecule has 1 aromatic heterocycles. The first kappa shape index (κ1) is 24.1. The molecule has 2 atom stereocenters. The van der Waals surface area contributed by atoms with Crippen LogP contribution in [0.1, 0.15) is 30.4 Å². The van der Waals surface area contributed by atoms with Crippen LogP contribution in [0.15, 0.2) is 60.0 Å². The molecule has 0 unspecified atom stereocenters. The highest BCUT2D eigenvalue weighted by atomic mass is 32.1. The molecule has 2 aliphatic heterocycles. The SMILES string of the molecule is Cc1ccc(-c2csc(NC(=O)CN3CC[C@@]4(CCCN4CCc4ccccc4)[C@@H](O)C3)n2)cc1. The van der Waals surface area contributed by atoms with Gasteiger partial charge in [0.25, 0.3) is 0 Å². The molecule has 184 valence electrons. The number of aliphatic hydroxyl groups is 1. The lowest BCUT2D eigenvalue weighted by molar-refractivity contribution is -0.120. The summed E-state index contributed by atoms with van der Waals surface area (Å²) in [5.74, 6) is -0.0784. The standard InChI is InChI=1S/C28H34N4O2S/c1-21-8-10-23(11-9-21)24-20-35-27(29-24)30-26(34)19-31-17-14-28(25(33)18-31)13-5-15-32(28)16-12-22-6-3-2-4-7-22/h2-4,6-11,20,25,33H,5,12-19H2,1H3,(H,29,30,34)/t25-,28-/m0/s1. The third kappa shape index (κ3) is 5.48. The lowest BCUT2D eigenvalue weighted by Gasteiger charge is -2.48. The summed E-state index contributed by atoms with van der Waals surface area (Å²) >= 11 is 1.44. The van der Waals surface area contributed by atoms with Crippen LogP contribution in [0, 0.1) is 6.92 Å². The molecule has 7 heteroatoms. The van der Waals surface area contributed by atoms with Crippen LogP contribution in [0.5, 0.6) is 0 Å². The number of amides is 1. The van der Waals surface area contributed by atoms with Crippen molar-refractivity contribution in [1.82, 2.24) is 14.8 Å². The van der Waals surface area contributed by atoms with E-state index in [0.29, 0.717) is 11.7 Å². The van der Waals surface area contributed by atoms with E-state index in [4.69, 9.17) is 0 Å². The van der Waals surface area contributed by atoms with Crippen molar-refractivity contribution < 1.29 is 9.90 Å². The molecule has 2 N–H and O–H groups in total. The van der Waals surface area contributed by atoms with Crippen molar-refractivity contribution in [3.63, 3.8) is 0 Å². The van der Waals surface area contributed by atoms with Gasteiger partial charge in [-0.05, 0) is 44.7 Å². The number of benzene rings is 2. The second-order valence-corrected chi connectivity index (χ2v) is 10.7. The molecular weight excluding hydrogens is 456 g/mol. The monoisotopic (exact) mass is 490 g/mol. The number of nitrogens with zero attached hydrogens (tertiary/aromatic N) is 3. The molecule has 1 amide bonds. The van der Waals surface area contributed by atoms with Crippen molar-refractivity contribution in [3.8, 4) is 11.3 Å². The van der Waals surface area contributed by atoms with E-state index in [-0.39, 0.29) is 18.0 Å². The highest BCUT2D eigenvalue weighted by Crippen LogP contribution is 2.38. The highest BCUT2D eigenvalue weighted by molar-refractivity contribution is 7.14. The zero-order valence-electron chi connectivity index (χ0n) is 20.3. The zero-order chi connectivity index (χ0) is 24.3. The summed E-state index contributed by atoms with van der Waals surface area (Å²) in [5.41, 5.74) is 4.31. The zero-order valence-corrected chi connectivity index (χ0v) is 21.1. The summed E-state index contributed by atoms with van der Waals surface area (Å²) in [4.78, 5) is 21.9. The summed E-state index contributed by atoms with van der Waals surface area (Å²) in [6, 6.07) is 18.8. The summed E-state index contributed by atoms with van der Waals surface area (Å²) in [7, 11) is 0. The molecule has 3 aromatic rings. The van der Waals surface area contributed by atoms with Gasteiger partial charge in [0.1, 0.15) is 0 Å². The molecule has 0 saturated carbocycles. The number of rotatable bonds is 7. The van der Waals surface area contributed by atoms with Crippen LogP contribution in [-0.4, -0.2) is 70.2 Å². The number of carbonyl (C=O) groups excluding carboxylic acids is 1. The number of thiazole rings is 1. The number of piperidine rings is 1. The third-order valence-corrected chi connectivity index (χ3v) is 8.32. The molecule has 3 heterocycles. The molecule has 2 saturated heterocycles. The molecule has 2 fully saturated rings. The molecule has 0 radical (unpaired) electrons. The number of nitrogens with one attached hydrogen (secondary N) is 1. The van der Waals surface area contributed by atoms with Crippen LogP contribution in [0.3, 0.4) is 0 Å². The fourth-order valence-electron chi connectivity index (χ4n) is 5.58. The number of aromatic nitrogens is 1. The first-order valence-corrected chi connectivity index (χ1v) is 13.4. The fourth-order valence-corrected chi connectivity index (χ4v) is 6.31. The van der Waals surface area contributed by atoms with E-state index in [1.165, 1.54) is 22.5 Å². The van der Waals surface area contributed by atoms with E-state index in [1.807, 2.05) is 23.6 Å². The van der Waals surface area contributed by atoms with Crippen molar-refractivity contribution in [3.05, 3.63) is 71.1 Å². The smallest absolute Gasteiger partial charge is 0.240 e. The van der Waals surface area contributed by atoms with Crippen LogP contribution in [0.4, 0.5) is 5.13 Å². The van der Waals surface area contributed by atoms with Crippen molar-refractivity contribution in [2.24, 2.45) is 0 Å². The first-order valence-electron chi connectivity index (χ1n) is 12.5. The Kier molecular flexibility index (Phi) is 7.29. The molecular formula is C28H34N4O2S. The average Bonchev–Trinajstić information content (AvgIpc) is 3.49. The second-order valence-electron chi connectivity index (χ2n) is 9.88. The van der Waals surface area contributed by atoms with Gasteiger partial charge in [-0.25, -0.2) is 4.98 Å². The van der Waals surface area contributed by atoms with E-state index in [1.54, 1.807) is 0 Å². The summed E-state index contributed by atoms with van der Waals surface area (Å²) < 4.78 is 0. The highest BCUT2D eigenvalue weighted by Gasteiger charge is 2.49. The number of carbonyl (C=O) groups is 1. The minimum absolute atomic E-state index is 0.0784. The minimum Gasteiger partial charge on any atom is -0.390 e. The van der Waals surface area contributed by atoms with Gasteiger partial charge in [0.05, 0.1) is 18.3 Å². The Hall–Kier alpha value is -2.58. The molecule has 0 aliphatic carbocycles. The van der Waals surface area contributed by atoms with Gasteiger partial charge < -0.3 is 10.4 Å². The number of likely N-dealkylation sites (tertiary alicyclic amines) is 2. The third-order valence-electron chi connectivity index (χ3n) is 7.56. The van der Waals surface area contributed by atoms with Crippen molar-refractivity contribution in [2.45, 2.75) is 44.2 Å². The van der Waals surface area contributed by atoms with Gasteiger partial charge in [0, 0.05) is 36.1 Å². The Labute approximate surface area is 211 Å². The largest absolute Gasteiger partial charge is 0.390 e. The number of hydrogen-bond acceptors (Lipinski definition) is 6. The average molecular weight is 491 g/mol. The maximum Gasteiger partial charge on any atom is 0.240 e. The number of aryl methyl sites for hydroxylation is 1. The van der Waals surface area contributed by atoms with Gasteiger partial charge in [-0.1, -0.05) is 60.2 Å². The summed E-state index contributed by atoms with van der Waals surface area (Å²) in [5, 5.41) is 16.8. The van der Waals surface area contributed by atoms with Gasteiger partial charge in [0.2, 0.25) is 5.91 Å². The Morgan fingerprint density at radius 2 is 1.94 bits per heavy atom. The minimum atomic E-state index is -0.449. The van der Waals surface area contributed by atoms with Gasteiger partial charge in [-0.3, -0.25) is 14.6 Å². The molecule has 1 spiro atoms. The Morgan fingerprint density at radius 3 is 2.71 bits per heavy atom. The number of β-amino-alcohol motifs (C(OH)–C–C–N with tert-alkyl or cyclic N) is 1. The van der Waals surface area contributed by atoms with Crippen LogP contribution in [0.2, 0.25) is 0 Å². The van der Waals surface area contributed by atoms with Crippen molar-refractivity contribution in [2.75, 3.05) is 38.0 Å². The molecule has 2 aromatic carbocycles. The normalized spacial score (nSPS) is 23.1. The topological polar surface area (TPSA) is 68.7 Å². The molecule has 5 rings (SSSR count). The fraction of sp³-hybridized carbons (Fsp3) is 0.429. The maximum atomic E-state index is 12.7.